The number of nitrogens with two attached hydrogens (primary N) is 1. The summed E-state index contributed by atoms with van der Waals surface area (Å²) in [4.78, 5) is 4.34. The van der Waals surface area contributed by atoms with Gasteiger partial charge >= 0.3 is 0 Å². The summed E-state index contributed by atoms with van der Waals surface area (Å²) in [5, 5.41) is 0. The first kappa shape index (κ1) is 9.70. The maximum atomic E-state index is 5.84. The van der Waals surface area contributed by atoms with Crippen LogP contribution in [0.1, 0.15) is 36.8 Å². The number of rotatable bonds is 0. The van der Waals surface area contributed by atoms with E-state index in [1.54, 1.807) is 0 Å². The summed E-state index contributed by atoms with van der Waals surface area (Å²) >= 11 is 0. The van der Waals surface area contributed by atoms with Crippen LogP contribution in [0.2, 0.25) is 0 Å². The lowest BCUT2D eigenvalue weighted by Crippen LogP contribution is -2.36. The van der Waals surface area contributed by atoms with Crippen LogP contribution in [0.5, 0.6) is 0 Å². The molecule has 0 atom stereocenters. The Morgan fingerprint density at radius 1 is 1.31 bits per heavy atom. The van der Waals surface area contributed by atoms with Crippen LogP contribution in [-0.4, -0.2) is 6.02 Å². The Hall–Kier alpha value is -1.51. The number of hydrogen-bond donors (Lipinski definition) is 1. The summed E-state index contributed by atoms with van der Waals surface area (Å²) in [5.74, 6) is 0. The van der Waals surface area contributed by atoms with Gasteiger partial charge in [0.1, 0.15) is 5.60 Å². The van der Waals surface area contributed by atoms with Crippen LogP contribution >= 0.6 is 0 Å². The maximum absolute atomic E-state index is 5.84. The first-order valence-corrected chi connectivity index (χ1v) is 5.85. The number of fused-ring (bicyclic) bond motifs is 2. The van der Waals surface area contributed by atoms with Gasteiger partial charge in [0.05, 0.1) is 5.69 Å². The predicted octanol–water partition coefficient (Wildman–Crippen LogP) is 2.74. The molecule has 2 N–H and O–H groups in total. The van der Waals surface area contributed by atoms with E-state index in [1.807, 2.05) is 0 Å². The molecule has 0 saturated heterocycles. The van der Waals surface area contributed by atoms with E-state index < -0.39 is 0 Å². The van der Waals surface area contributed by atoms with Crippen LogP contribution in [0.4, 0.5) is 5.69 Å². The van der Waals surface area contributed by atoms with Crippen molar-refractivity contribution in [2.24, 2.45) is 10.7 Å². The fraction of sp³-hybridized carbons (Fsp3) is 0.462. The van der Waals surface area contributed by atoms with E-state index in [-0.39, 0.29) is 5.60 Å². The highest BCUT2D eigenvalue weighted by atomic mass is 16.5. The monoisotopic (exact) mass is 216 g/mol. The molecule has 0 unspecified atom stereocenters. The average Bonchev–Trinajstić information content (AvgIpc) is 2.69. The van der Waals surface area contributed by atoms with Crippen molar-refractivity contribution in [2.45, 2.75) is 38.2 Å². The second kappa shape index (κ2) is 3.24. The van der Waals surface area contributed by atoms with Gasteiger partial charge in [-0.3, -0.25) is 0 Å². The van der Waals surface area contributed by atoms with E-state index in [9.17, 15) is 0 Å². The third-order valence-electron chi connectivity index (χ3n) is 3.66. The predicted molar refractivity (Wildman–Crippen MR) is 63.7 cm³/mol. The minimum Gasteiger partial charge on any atom is -0.454 e. The highest BCUT2D eigenvalue weighted by Gasteiger charge is 2.42. The molecule has 84 valence electrons. The standard InChI is InChI=1S/C13H16N2O/c1-9-5-4-6-10-11(9)15-12(14)16-13(10)7-2-3-8-13/h4-6H,2-3,7-8H2,1H3,(H2,14,15). The van der Waals surface area contributed by atoms with Crippen molar-refractivity contribution in [1.82, 2.24) is 0 Å². The Morgan fingerprint density at radius 2 is 2.06 bits per heavy atom. The molecule has 1 heterocycles. The number of hydrogen-bond acceptors (Lipinski definition) is 3. The van der Waals surface area contributed by atoms with Crippen molar-refractivity contribution in [1.29, 1.82) is 0 Å². The van der Waals surface area contributed by atoms with Gasteiger partial charge < -0.3 is 10.5 Å². The van der Waals surface area contributed by atoms with Crippen LogP contribution in [0.3, 0.4) is 0 Å². The molecule has 1 aromatic carbocycles. The van der Waals surface area contributed by atoms with Crippen molar-refractivity contribution in [3.63, 3.8) is 0 Å². The number of aliphatic imine (C=N–C) groups is 1. The molecule has 0 bridgehead atoms. The quantitative estimate of drug-likeness (QED) is 0.724. The molecule has 1 aliphatic heterocycles. The summed E-state index contributed by atoms with van der Waals surface area (Å²) in [6.07, 6.45) is 4.53. The minimum atomic E-state index is -0.187. The Bertz CT molecular complexity index is 459. The van der Waals surface area contributed by atoms with E-state index in [4.69, 9.17) is 10.5 Å². The summed E-state index contributed by atoms with van der Waals surface area (Å²) < 4.78 is 5.84. The molecule has 1 saturated carbocycles. The molecule has 0 amide bonds. The molecule has 1 aliphatic carbocycles. The zero-order valence-electron chi connectivity index (χ0n) is 9.49. The summed E-state index contributed by atoms with van der Waals surface area (Å²) in [6.45, 7) is 2.07. The zero-order valence-corrected chi connectivity index (χ0v) is 9.49. The molecule has 16 heavy (non-hydrogen) atoms. The summed E-state index contributed by atoms with van der Waals surface area (Å²) in [5.41, 5.74) is 9.03. The average molecular weight is 216 g/mol. The van der Waals surface area contributed by atoms with Gasteiger partial charge in [0.2, 0.25) is 0 Å². The lowest BCUT2D eigenvalue weighted by atomic mass is 9.88. The van der Waals surface area contributed by atoms with Gasteiger partial charge in [0.15, 0.2) is 0 Å². The minimum absolute atomic E-state index is 0.187. The number of nitrogens with zero attached hydrogens (tertiary/aromatic N) is 1. The van der Waals surface area contributed by atoms with Crippen molar-refractivity contribution < 1.29 is 4.74 Å². The molecule has 1 aromatic rings. The fourth-order valence-electron chi connectivity index (χ4n) is 2.88. The number of amidine groups is 1. The molecule has 3 rings (SSSR count). The van der Waals surface area contributed by atoms with E-state index in [0.717, 1.165) is 18.5 Å². The maximum Gasteiger partial charge on any atom is 0.288 e. The lowest BCUT2D eigenvalue weighted by Gasteiger charge is -2.34. The second-order valence-corrected chi connectivity index (χ2v) is 4.72. The molecule has 3 heteroatoms. The lowest BCUT2D eigenvalue weighted by molar-refractivity contribution is 0.0542. The van der Waals surface area contributed by atoms with Crippen molar-refractivity contribution in [3.8, 4) is 0 Å². The topological polar surface area (TPSA) is 47.6 Å². The molecule has 1 spiro atoms. The van der Waals surface area contributed by atoms with Gasteiger partial charge in [-0.15, -0.1) is 0 Å². The van der Waals surface area contributed by atoms with E-state index in [2.05, 4.69) is 30.1 Å². The molecule has 0 radical (unpaired) electrons. The molecule has 2 aliphatic rings. The number of benzene rings is 1. The van der Waals surface area contributed by atoms with Crippen LogP contribution in [0, 0.1) is 6.92 Å². The van der Waals surface area contributed by atoms with Gasteiger partial charge in [0.25, 0.3) is 6.02 Å². The van der Waals surface area contributed by atoms with E-state index >= 15 is 0 Å². The molecular formula is C13H16N2O. The highest BCUT2D eigenvalue weighted by molar-refractivity contribution is 5.80. The smallest absolute Gasteiger partial charge is 0.288 e. The fourth-order valence-corrected chi connectivity index (χ4v) is 2.88. The SMILES string of the molecule is Cc1cccc2c1N=C(N)OC21CCCC1. The third-order valence-corrected chi connectivity index (χ3v) is 3.66. The molecule has 3 nitrogen and oxygen atoms in total. The van der Waals surface area contributed by atoms with Gasteiger partial charge in [-0.2, -0.15) is 4.99 Å². The number of para-hydroxylation sites is 1. The van der Waals surface area contributed by atoms with Crippen LogP contribution in [-0.2, 0) is 10.3 Å². The van der Waals surface area contributed by atoms with Crippen LogP contribution < -0.4 is 5.73 Å². The van der Waals surface area contributed by atoms with Crippen LogP contribution in [0.15, 0.2) is 23.2 Å². The van der Waals surface area contributed by atoms with Gasteiger partial charge in [0, 0.05) is 5.56 Å². The molecule has 0 aromatic heterocycles. The van der Waals surface area contributed by atoms with Gasteiger partial charge in [-0.25, -0.2) is 0 Å². The Morgan fingerprint density at radius 3 is 2.81 bits per heavy atom. The first-order valence-electron chi connectivity index (χ1n) is 5.85. The first-order chi connectivity index (χ1) is 7.71. The summed E-state index contributed by atoms with van der Waals surface area (Å²) in [7, 11) is 0. The van der Waals surface area contributed by atoms with Crippen molar-refractivity contribution in [3.05, 3.63) is 29.3 Å². The molecule has 1 fully saturated rings. The van der Waals surface area contributed by atoms with Gasteiger partial charge in [-0.1, -0.05) is 18.2 Å². The van der Waals surface area contributed by atoms with Crippen molar-refractivity contribution >= 4 is 11.7 Å². The Kier molecular flexibility index (Phi) is 1.96. The largest absolute Gasteiger partial charge is 0.454 e. The second-order valence-electron chi connectivity index (χ2n) is 4.72. The normalized spacial score (nSPS) is 21.4. The Balaban J connectivity index is 2.21. The number of aryl methyl sites for hydroxylation is 1. The Labute approximate surface area is 95.3 Å². The third kappa shape index (κ3) is 1.24. The van der Waals surface area contributed by atoms with E-state index in [0.29, 0.717) is 6.02 Å². The van der Waals surface area contributed by atoms with E-state index in [1.165, 1.54) is 24.0 Å². The highest BCUT2D eigenvalue weighted by Crippen LogP contribution is 2.48. The molecular weight excluding hydrogens is 200 g/mol. The van der Waals surface area contributed by atoms with Crippen LogP contribution in [0.25, 0.3) is 0 Å². The van der Waals surface area contributed by atoms with Crippen molar-refractivity contribution in [2.75, 3.05) is 0 Å². The number of ether oxygens (including phenoxy) is 1. The summed E-state index contributed by atoms with van der Waals surface area (Å²) in [6, 6.07) is 6.60. The van der Waals surface area contributed by atoms with Gasteiger partial charge in [-0.05, 0) is 38.2 Å². The zero-order chi connectivity index (χ0) is 11.2.